The summed E-state index contributed by atoms with van der Waals surface area (Å²) in [5.74, 6) is -0.388. The minimum Gasteiger partial charge on any atom is -0.305 e. The summed E-state index contributed by atoms with van der Waals surface area (Å²) >= 11 is 2.17. The summed E-state index contributed by atoms with van der Waals surface area (Å²) in [6.45, 7) is 0. The van der Waals surface area contributed by atoms with E-state index in [-0.39, 0.29) is 5.82 Å². The van der Waals surface area contributed by atoms with Gasteiger partial charge in [-0.15, -0.1) is 0 Å². The summed E-state index contributed by atoms with van der Waals surface area (Å²) in [7, 11) is 0. The van der Waals surface area contributed by atoms with Crippen LogP contribution in [0.4, 0.5) is 4.39 Å². The smallest absolute Gasteiger partial charge is 0.305 e. The van der Waals surface area contributed by atoms with Gasteiger partial charge < -0.3 is 4.98 Å². The van der Waals surface area contributed by atoms with E-state index in [2.05, 4.69) is 32.6 Å². The van der Waals surface area contributed by atoms with Crippen molar-refractivity contribution >= 4 is 33.5 Å². The van der Waals surface area contributed by atoms with Crippen molar-refractivity contribution in [1.29, 1.82) is 0 Å². The number of hydrogen-bond donors (Lipinski definition) is 1. The summed E-state index contributed by atoms with van der Waals surface area (Å²) in [6.07, 6.45) is 0. The van der Waals surface area contributed by atoms with Gasteiger partial charge in [-0.25, -0.2) is 9.18 Å². The number of nitrogens with one attached hydrogen (secondary N) is 1. The number of aromatic amines is 1. The highest BCUT2D eigenvalue weighted by Crippen LogP contribution is 2.27. The molecule has 0 aliphatic rings. The zero-order valence-electron chi connectivity index (χ0n) is 9.65. The Bertz CT molecular complexity index is 829. The lowest BCUT2D eigenvalue weighted by Crippen LogP contribution is -2.11. The quantitative estimate of drug-likeness (QED) is 0.672. The Balaban J connectivity index is 2.43. The van der Waals surface area contributed by atoms with Crippen LogP contribution < -0.4 is 5.69 Å². The summed E-state index contributed by atoms with van der Waals surface area (Å²) in [5.41, 5.74) is 0.876. The maximum Gasteiger partial charge on any atom is 0.345 e. The highest BCUT2D eigenvalue weighted by atomic mass is 127. The summed E-state index contributed by atoms with van der Waals surface area (Å²) in [5, 5.41) is 0.733. The summed E-state index contributed by atoms with van der Waals surface area (Å²) in [6, 6.07) is 11.9. The predicted molar refractivity (Wildman–Crippen MR) is 80.5 cm³/mol. The molecule has 0 radical (unpaired) electrons. The van der Waals surface area contributed by atoms with E-state index in [0.29, 0.717) is 16.8 Å². The molecular weight excluding hydrogens is 358 g/mol. The lowest BCUT2D eigenvalue weighted by molar-refractivity contribution is 0.631. The average molecular weight is 366 g/mol. The van der Waals surface area contributed by atoms with Crippen LogP contribution in [0.5, 0.6) is 0 Å². The molecule has 0 saturated heterocycles. The van der Waals surface area contributed by atoms with Gasteiger partial charge in [0.1, 0.15) is 5.82 Å². The zero-order valence-corrected chi connectivity index (χ0v) is 11.8. The van der Waals surface area contributed by atoms with Crippen molar-refractivity contribution in [2.45, 2.75) is 0 Å². The molecule has 19 heavy (non-hydrogen) atoms. The number of aromatic nitrogens is 2. The number of halogens is 2. The molecule has 0 atom stereocenters. The van der Waals surface area contributed by atoms with Crippen LogP contribution in [0.25, 0.3) is 22.2 Å². The molecule has 5 heteroatoms. The first-order valence-corrected chi connectivity index (χ1v) is 6.67. The maximum absolute atomic E-state index is 13.9. The fraction of sp³-hybridized carbons (Fsp3) is 0. The second-order valence-electron chi connectivity index (χ2n) is 4.06. The number of nitrogens with zero attached hydrogens (tertiary/aromatic N) is 1. The normalized spacial score (nSPS) is 10.8. The Labute approximate surface area is 121 Å². The second-order valence-corrected chi connectivity index (χ2v) is 5.31. The number of H-pyrrole nitrogens is 1. The van der Waals surface area contributed by atoms with Crippen molar-refractivity contribution in [2.75, 3.05) is 0 Å². The molecule has 0 unspecified atom stereocenters. The molecule has 1 N–H and O–H groups in total. The van der Waals surface area contributed by atoms with Crippen molar-refractivity contribution in [3.63, 3.8) is 0 Å². The van der Waals surface area contributed by atoms with Crippen molar-refractivity contribution in [3.8, 4) is 11.3 Å². The largest absolute Gasteiger partial charge is 0.345 e. The third-order valence-corrected chi connectivity index (χ3v) is 3.49. The Morgan fingerprint density at radius 1 is 1.16 bits per heavy atom. The molecule has 3 aromatic rings. The van der Waals surface area contributed by atoms with Crippen LogP contribution in [0, 0.1) is 9.39 Å². The molecule has 0 amide bonds. The van der Waals surface area contributed by atoms with E-state index in [4.69, 9.17) is 0 Å². The van der Waals surface area contributed by atoms with Crippen molar-refractivity contribution in [2.24, 2.45) is 0 Å². The van der Waals surface area contributed by atoms with Crippen molar-refractivity contribution in [1.82, 2.24) is 9.97 Å². The Hall–Kier alpha value is -1.76. The van der Waals surface area contributed by atoms with Gasteiger partial charge in [-0.05, 0) is 52.9 Å². The third-order valence-electron chi connectivity index (χ3n) is 2.82. The highest BCUT2D eigenvalue weighted by molar-refractivity contribution is 14.1. The molecule has 0 aliphatic carbocycles. The van der Waals surface area contributed by atoms with E-state index >= 15 is 0 Å². The molecule has 1 heterocycles. The number of rotatable bonds is 1. The Kier molecular flexibility index (Phi) is 3.06. The molecular formula is C14H8FIN2O. The molecule has 3 rings (SSSR count). The summed E-state index contributed by atoms with van der Waals surface area (Å²) in [4.78, 5) is 18.2. The van der Waals surface area contributed by atoms with Crippen molar-refractivity contribution in [3.05, 3.63) is 62.3 Å². The first kappa shape index (κ1) is 12.3. The van der Waals surface area contributed by atoms with Gasteiger partial charge in [-0.3, -0.25) is 0 Å². The van der Waals surface area contributed by atoms with Crippen LogP contribution in [0.1, 0.15) is 0 Å². The topological polar surface area (TPSA) is 45.8 Å². The third kappa shape index (κ3) is 2.25. The van der Waals surface area contributed by atoms with E-state index in [1.54, 1.807) is 24.3 Å². The van der Waals surface area contributed by atoms with Gasteiger partial charge in [0.25, 0.3) is 0 Å². The lowest BCUT2D eigenvalue weighted by atomic mass is 10.1. The second kappa shape index (κ2) is 4.73. The van der Waals surface area contributed by atoms with Crippen LogP contribution in [0.15, 0.2) is 47.3 Å². The van der Waals surface area contributed by atoms with Gasteiger partial charge >= 0.3 is 5.69 Å². The number of benzene rings is 2. The van der Waals surface area contributed by atoms with Crippen LogP contribution in [0.3, 0.4) is 0 Å². The summed E-state index contributed by atoms with van der Waals surface area (Å²) < 4.78 is 14.9. The first-order valence-electron chi connectivity index (χ1n) is 5.59. The van der Waals surface area contributed by atoms with Gasteiger partial charge in [0, 0.05) is 14.5 Å². The van der Waals surface area contributed by atoms with E-state index in [1.807, 2.05) is 12.1 Å². The standard InChI is InChI=1S/C14H8FIN2O/c15-11-4-2-1-3-9(11)13-10-7-8(16)5-6-12(10)17-14(19)18-13/h1-7H,(H,17,18,19). The van der Waals surface area contributed by atoms with Crippen LogP contribution in [-0.2, 0) is 0 Å². The SMILES string of the molecule is O=c1nc(-c2ccccc2F)c2cc(I)ccc2[nH]1. The van der Waals surface area contributed by atoms with E-state index in [1.165, 1.54) is 6.07 Å². The Morgan fingerprint density at radius 2 is 1.95 bits per heavy atom. The molecule has 2 aromatic carbocycles. The van der Waals surface area contributed by atoms with E-state index < -0.39 is 5.69 Å². The molecule has 0 saturated carbocycles. The van der Waals surface area contributed by atoms with Gasteiger partial charge in [0.15, 0.2) is 0 Å². The molecule has 0 spiro atoms. The van der Waals surface area contributed by atoms with Crippen molar-refractivity contribution < 1.29 is 4.39 Å². The van der Waals surface area contributed by atoms with Gasteiger partial charge in [0.2, 0.25) is 0 Å². The lowest BCUT2D eigenvalue weighted by Gasteiger charge is -2.06. The molecule has 94 valence electrons. The Morgan fingerprint density at radius 3 is 2.74 bits per heavy atom. The number of hydrogen-bond acceptors (Lipinski definition) is 2. The fourth-order valence-corrected chi connectivity index (χ4v) is 2.48. The highest BCUT2D eigenvalue weighted by Gasteiger charge is 2.11. The molecule has 0 aliphatic heterocycles. The average Bonchev–Trinajstić information content (AvgIpc) is 2.39. The predicted octanol–water partition coefficient (Wildman–Crippen LogP) is 3.33. The molecule has 0 bridgehead atoms. The fourth-order valence-electron chi connectivity index (χ4n) is 1.98. The van der Waals surface area contributed by atoms with Gasteiger partial charge in [0.05, 0.1) is 11.2 Å². The molecule has 1 aromatic heterocycles. The van der Waals surface area contributed by atoms with Crippen LogP contribution >= 0.6 is 22.6 Å². The van der Waals surface area contributed by atoms with Gasteiger partial charge in [-0.2, -0.15) is 4.98 Å². The van der Waals surface area contributed by atoms with Crippen LogP contribution in [-0.4, -0.2) is 9.97 Å². The number of fused-ring (bicyclic) bond motifs is 1. The van der Waals surface area contributed by atoms with Gasteiger partial charge in [-0.1, -0.05) is 12.1 Å². The monoisotopic (exact) mass is 366 g/mol. The zero-order chi connectivity index (χ0) is 13.4. The van der Waals surface area contributed by atoms with Crippen LogP contribution in [0.2, 0.25) is 0 Å². The minimum absolute atomic E-state index is 0.334. The maximum atomic E-state index is 13.9. The van der Waals surface area contributed by atoms with E-state index in [0.717, 1.165) is 8.96 Å². The van der Waals surface area contributed by atoms with E-state index in [9.17, 15) is 9.18 Å². The molecule has 0 fully saturated rings. The molecule has 3 nitrogen and oxygen atoms in total. The first-order chi connectivity index (χ1) is 9.15. The minimum atomic E-state index is -0.480.